The Morgan fingerprint density at radius 3 is 2.81 bits per heavy atom. The van der Waals surface area contributed by atoms with Gasteiger partial charge in [-0.05, 0) is 37.8 Å². The highest BCUT2D eigenvalue weighted by Crippen LogP contribution is 2.21. The van der Waals surface area contributed by atoms with E-state index in [0.717, 1.165) is 25.7 Å². The molecule has 86 valence electrons. The molecule has 4 heteroatoms. The molecule has 0 saturated heterocycles. The molecule has 1 aromatic rings. The van der Waals surface area contributed by atoms with Crippen LogP contribution in [0.4, 0.5) is 5.69 Å². The van der Waals surface area contributed by atoms with Crippen LogP contribution in [0.1, 0.15) is 31.4 Å². The van der Waals surface area contributed by atoms with E-state index in [4.69, 9.17) is 10.5 Å². The summed E-state index contributed by atoms with van der Waals surface area (Å²) in [5.41, 5.74) is 6.82. The van der Waals surface area contributed by atoms with Crippen molar-refractivity contribution >= 4 is 11.7 Å². The summed E-state index contributed by atoms with van der Waals surface area (Å²) in [4.78, 5) is 15.6. The van der Waals surface area contributed by atoms with E-state index in [1.165, 1.54) is 0 Å². The van der Waals surface area contributed by atoms with Crippen molar-refractivity contribution in [3.63, 3.8) is 0 Å². The third-order valence-electron chi connectivity index (χ3n) is 2.77. The van der Waals surface area contributed by atoms with Crippen molar-refractivity contribution in [2.24, 2.45) is 0 Å². The van der Waals surface area contributed by atoms with E-state index < -0.39 is 0 Å². The average molecular weight is 220 g/mol. The summed E-state index contributed by atoms with van der Waals surface area (Å²) in [6.45, 7) is 0. The number of nitrogens with zero attached hydrogens (tertiary/aromatic N) is 1. The van der Waals surface area contributed by atoms with Crippen molar-refractivity contribution in [2.75, 3.05) is 5.73 Å². The fourth-order valence-corrected chi connectivity index (χ4v) is 1.92. The van der Waals surface area contributed by atoms with Gasteiger partial charge in [-0.15, -0.1) is 0 Å². The van der Waals surface area contributed by atoms with Crippen LogP contribution >= 0.6 is 0 Å². The predicted octanol–water partition coefficient (Wildman–Crippen LogP) is 1.69. The maximum atomic E-state index is 11.6. The molecule has 0 aliphatic heterocycles. The molecule has 1 heterocycles. The van der Waals surface area contributed by atoms with Crippen molar-refractivity contribution in [1.29, 1.82) is 0 Å². The average Bonchev–Trinajstić information content (AvgIpc) is 2.74. The second-order valence-corrected chi connectivity index (χ2v) is 4.16. The molecule has 1 aliphatic rings. The van der Waals surface area contributed by atoms with E-state index in [1.54, 1.807) is 18.3 Å². The first-order valence-electron chi connectivity index (χ1n) is 5.64. The third kappa shape index (κ3) is 2.95. The summed E-state index contributed by atoms with van der Waals surface area (Å²) in [7, 11) is 0. The maximum Gasteiger partial charge on any atom is 0.312 e. The number of hydrogen-bond donors (Lipinski definition) is 1. The zero-order valence-corrected chi connectivity index (χ0v) is 9.19. The Labute approximate surface area is 94.8 Å². The number of esters is 1. The molecular weight excluding hydrogens is 204 g/mol. The quantitative estimate of drug-likeness (QED) is 0.787. The Balaban J connectivity index is 1.84. The summed E-state index contributed by atoms with van der Waals surface area (Å²) in [5, 5.41) is 0. The van der Waals surface area contributed by atoms with Crippen LogP contribution in [-0.4, -0.2) is 17.1 Å². The molecule has 0 unspecified atom stereocenters. The summed E-state index contributed by atoms with van der Waals surface area (Å²) in [6, 6.07) is 3.50. The second-order valence-electron chi connectivity index (χ2n) is 4.16. The zero-order valence-electron chi connectivity index (χ0n) is 9.19. The monoisotopic (exact) mass is 220 g/mol. The van der Waals surface area contributed by atoms with Crippen molar-refractivity contribution in [3.8, 4) is 0 Å². The van der Waals surface area contributed by atoms with Crippen LogP contribution in [0.5, 0.6) is 0 Å². The lowest BCUT2D eigenvalue weighted by atomic mass is 10.2. The van der Waals surface area contributed by atoms with Gasteiger partial charge < -0.3 is 10.5 Å². The summed E-state index contributed by atoms with van der Waals surface area (Å²) >= 11 is 0. The Kier molecular flexibility index (Phi) is 3.39. The first-order chi connectivity index (χ1) is 7.74. The van der Waals surface area contributed by atoms with Gasteiger partial charge in [-0.25, -0.2) is 0 Å². The van der Waals surface area contributed by atoms with E-state index in [0.29, 0.717) is 11.4 Å². The largest absolute Gasteiger partial charge is 0.462 e. The lowest BCUT2D eigenvalue weighted by Gasteiger charge is -2.10. The highest BCUT2D eigenvalue weighted by Gasteiger charge is 2.19. The van der Waals surface area contributed by atoms with Crippen LogP contribution in [0, 0.1) is 0 Å². The highest BCUT2D eigenvalue weighted by atomic mass is 16.5. The Morgan fingerprint density at radius 1 is 1.44 bits per heavy atom. The molecule has 1 aliphatic carbocycles. The van der Waals surface area contributed by atoms with Gasteiger partial charge in [0.05, 0.1) is 24.0 Å². The summed E-state index contributed by atoms with van der Waals surface area (Å²) < 4.78 is 5.34. The Morgan fingerprint density at radius 2 is 2.19 bits per heavy atom. The molecule has 1 saturated carbocycles. The molecule has 0 aromatic carbocycles. The molecule has 0 amide bonds. The van der Waals surface area contributed by atoms with Crippen molar-refractivity contribution < 1.29 is 9.53 Å². The number of ether oxygens (including phenoxy) is 1. The number of hydrogen-bond acceptors (Lipinski definition) is 4. The number of nitrogen functional groups attached to an aromatic ring is 1. The van der Waals surface area contributed by atoms with E-state index in [1.807, 2.05) is 0 Å². The number of anilines is 1. The van der Waals surface area contributed by atoms with Crippen molar-refractivity contribution in [3.05, 3.63) is 24.0 Å². The SMILES string of the molecule is Nc1ccc(CC(=O)OC2CCCC2)nc1. The number of pyridine rings is 1. The Bertz CT molecular complexity index is 356. The van der Waals surface area contributed by atoms with Crippen LogP contribution < -0.4 is 5.73 Å². The number of carbonyl (C=O) groups is 1. The molecule has 0 bridgehead atoms. The number of aromatic nitrogens is 1. The number of rotatable bonds is 3. The van der Waals surface area contributed by atoms with Gasteiger partial charge in [0.1, 0.15) is 6.10 Å². The highest BCUT2D eigenvalue weighted by molar-refractivity contribution is 5.72. The molecule has 2 rings (SSSR count). The van der Waals surface area contributed by atoms with Gasteiger partial charge in [-0.1, -0.05) is 0 Å². The molecule has 0 spiro atoms. The molecule has 16 heavy (non-hydrogen) atoms. The Hall–Kier alpha value is -1.58. The zero-order chi connectivity index (χ0) is 11.4. The van der Waals surface area contributed by atoms with Crippen LogP contribution in [0.25, 0.3) is 0 Å². The maximum absolute atomic E-state index is 11.6. The van der Waals surface area contributed by atoms with Crippen LogP contribution in [-0.2, 0) is 16.0 Å². The van der Waals surface area contributed by atoms with Gasteiger partial charge in [-0.3, -0.25) is 9.78 Å². The first kappa shape index (κ1) is 10.9. The molecule has 4 nitrogen and oxygen atoms in total. The fourth-order valence-electron chi connectivity index (χ4n) is 1.92. The van der Waals surface area contributed by atoms with E-state index in [-0.39, 0.29) is 18.5 Å². The minimum absolute atomic E-state index is 0.126. The topological polar surface area (TPSA) is 65.2 Å². The van der Waals surface area contributed by atoms with Crippen LogP contribution in [0.2, 0.25) is 0 Å². The molecule has 1 fully saturated rings. The second kappa shape index (κ2) is 4.96. The molecular formula is C12H16N2O2. The minimum Gasteiger partial charge on any atom is -0.462 e. The molecule has 1 aromatic heterocycles. The molecule has 2 N–H and O–H groups in total. The fraction of sp³-hybridized carbons (Fsp3) is 0.500. The van der Waals surface area contributed by atoms with Crippen LogP contribution in [0.15, 0.2) is 18.3 Å². The van der Waals surface area contributed by atoms with Crippen molar-refractivity contribution in [2.45, 2.75) is 38.2 Å². The summed E-state index contributed by atoms with van der Waals surface area (Å²) in [6.07, 6.45) is 6.24. The van der Waals surface area contributed by atoms with E-state index in [9.17, 15) is 4.79 Å². The number of carbonyl (C=O) groups excluding carboxylic acids is 1. The van der Waals surface area contributed by atoms with Crippen molar-refractivity contribution in [1.82, 2.24) is 4.98 Å². The van der Waals surface area contributed by atoms with Gasteiger partial charge in [0.15, 0.2) is 0 Å². The normalized spacial score (nSPS) is 16.2. The predicted molar refractivity (Wildman–Crippen MR) is 60.7 cm³/mol. The lowest BCUT2D eigenvalue weighted by molar-refractivity contribution is -0.147. The lowest BCUT2D eigenvalue weighted by Crippen LogP contribution is -2.16. The van der Waals surface area contributed by atoms with E-state index >= 15 is 0 Å². The third-order valence-corrected chi connectivity index (χ3v) is 2.77. The summed E-state index contributed by atoms with van der Waals surface area (Å²) in [5.74, 6) is -0.191. The number of nitrogens with two attached hydrogens (primary N) is 1. The first-order valence-corrected chi connectivity index (χ1v) is 5.64. The standard InChI is InChI=1S/C12H16N2O2/c13-9-5-6-10(14-8-9)7-12(15)16-11-3-1-2-4-11/h5-6,8,11H,1-4,7,13H2. The van der Waals surface area contributed by atoms with Gasteiger partial charge in [-0.2, -0.15) is 0 Å². The minimum atomic E-state index is -0.191. The molecule has 0 radical (unpaired) electrons. The van der Waals surface area contributed by atoms with Gasteiger partial charge in [0.25, 0.3) is 0 Å². The van der Waals surface area contributed by atoms with Gasteiger partial charge in [0.2, 0.25) is 0 Å². The van der Waals surface area contributed by atoms with E-state index in [2.05, 4.69) is 4.98 Å². The molecule has 0 atom stereocenters. The van der Waals surface area contributed by atoms with Gasteiger partial charge in [0, 0.05) is 0 Å². The van der Waals surface area contributed by atoms with Gasteiger partial charge >= 0.3 is 5.97 Å². The smallest absolute Gasteiger partial charge is 0.312 e. The van der Waals surface area contributed by atoms with Crippen LogP contribution in [0.3, 0.4) is 0 Å².